The normalized spacial score (nSPS) is 12.8. The van der Waals surface area contributed by atoms with Crippen molar-refractivity contribution in [3.8, 4) is 5.69 Å². The molecule has 0 amide bonds. The summed E-state index contributed by atoms with van der Waals surface area (Å²) in [7, 11) is 0. The van der Waals surface area contributed by atoms with Crippen molar-refractivity contribution in [2.75, 3.05) is 0 Å². The van der Waals surface area contributed by atoms with E-state index in [-0.39, 0.29) is 0 Å². The molecule has 144 valence electrons. The van der Waals surface area contributed by atoms with Gasteiger partial charge in [0.25, 0.3) is 0 Å². The number of rotatable bonds is 6. The van der Waals surface area contributed by atoms with Crippen LogP contribution in [0.4, 0.5) is 0 Å². The maximum absolute atomic E-state index is 4.80. The molecule has 4 nitrogen and oxygen atoms in total. The Hall–Kier alpha value is -2.88. The first kappa shape index (κ1) is 18.5. The lowest BCUT2D eigenvalue weighted by Gasteiger charge is -2.10. The number of hydrogen-bond acceptors (Lipinski definition) is 2. The molecule has 2 aromatic heterocycles. The van der Waals surface area contributed by atoms with Crippen LogP contribution in [0.5, 0.6) is 0 Å². The molecule has 0 aliphatic rings. The Morgan fingerprint density at radius 1 is 0.964 bits per heavy atom. The molecule has 1 atom stereocenters. The summed E-state index contributed by atoms with van der Waals surface area (Å²) in [6.07, 6.45) is 5.16. The van der Waals surface area contributed by atoms with Gasteiger partial charge in [-0.05, 0) is 60.6 Å². The van der Waals surface area contributed by atoms with E-state index in [1.807, 2.05) is 29.1 Å². The number of aryl methyl sites for hydroxylation is 2. The van der Waals surface area contributed by atoms with E-state index in [9.17, 15) is 0 Å². The van der Waals surface area contributed by atoms with Crippen molar-refractivity contribution >= 4 is 10.9 Å². The predicted molar refractivity (Wildman–Crippen MR) is 115 cm³/mol. The second-order valence-electron chi connectivity index (χ2n) is 7.98. The summed E-state index contributed by atoms with van der Waals surface area (Å²) in [5.74, 6) is 0.959. The molecule has 0 saturated carbocycles. The highest BCUT2D eigenvalue weighted by atomic mass is 15.3. The van der Waals surface area contributed by atoms with Gasteiger partial charge in [-0.2, -0.15) is 10.2 Å². The Labute approximate surface area is 166 Å². The van der Waals surface area contributed by atoms with Crippen molar-refractivity contribution in [1.82, 2.24) is 19.6 Å². The molecule has 4 aromatic rings. The summed E-state index contributed by atoms with van der Waals surface area (Å²) < 4.78 is 4.11. The minimum atomic E-state index is 0.423. The van der Waals surface area contributed by atoms with Crippen molar-refractivity contribution in [2.24, 2.45) is 0 Å². The van der Waals surface area contributed by atoms with Crippen LogP contribution in [-0.4, -0.2) is 19.6 Å². The Morgan fingerprint density at radius 3 is 2.50 bits per heavy atom. The molecular formula is C24H28N4. The van der Waals surface area contributed by atoms with Gasteiger partial charge in [-0.3, -0.25) is 4.68 Å². The Kier molecular flexibility index (Phi) is 5.03. The number of para-hydroxylation sites is 1. The molecule has 0 N–H and O–H groups in total. The Bertz CT molecular complexity index is 1070. The topological polar surface area (TPSA) is 35.6 Å². The summed E-state index contributed by atoms with van der Waals surface area (Å²) >= 11 is 0. The van der Waals surface area contributed by atoms with Gasteiger partial charge in [-0.1, -0.05) is 45.0 Å². The summed E-state index contributed by atoms with van der Waals surface area (Å²) in [5.41, 5.74) is 6.07. The average Bonchev–Trinajstić information content (AvgIpc) is 3.32. The summed E-state index contributed by atoms with van der Waals surface area (Å²) in [6, 6.07) is 17.0. The van der Waals surface area contributed by atoms with E-state index in [4.69, 9.17) is 5.10 Å². The van der Waals surface area contributed by atoms with Crippen LogP contribution in [0.2, 0.25) is 0 Å². The van der Waals surface area contributed by atoms with E-state index in [2.05, 4.69) is 74.0 Å². The molecule has 0 aliphatic heterocycles. The number of benzene rings is 2. The van der Waals surface area contributed by atoms with E-state index in [0.717, 1.165) is 24.3 Å². The van der Waals surface area contributed by atoms with Gasteiger partial charge < -0.3 is 0 Å². The van der Waals surface area contributed by atoms with Gasteiger partial charge in [0.05, 0.1) is 23.1 Å². The highest BCUT2D eigenvalue weighted by Crippen LogP contribution is 2.26. The van der Waals surface area contributed by atoms with Crippen molar-refractivity contribution in [2.45, 2.75) is 52.5 Å². The average molecular weight is 373 g/mol. The van der Waals surface area contributed by atoms with Gasteiger partial charge >= 0.3 is 0 Å². The Balaban J connectivity index is 1.49. The van der Waals surface area contributed by atoms with Crippen LogP contribution in [0.3, 0.4) is 0 Å². The minimum Gasteiger partial charge on any atom is -0.265 e. The van der Waals surface area contributed by atoms with Crippen molar-refractivity contribution in [1.29, 1.82) is 0 Å². The maximum atomic E-state index is 4.80. The first-order valence-corrected chi connectivity index (χ1v) is 10.1. The van der Waals surface area contributed by atoms with Crippen LogP contribution in [0.15, 0.2) is 60.9 Å². The van der Waals surface area contributed by atoms with Crippen molar-refractivity contribution in [3.05, 3.63) is 77.7 Å². The molecule has 0 spiro atoms. The molecule has 0 aliphatic carbocycles. The van der Waals surface area contributed by atoms with E-state index in [1.54, 1.807) is 0 Å². The minimum absolute atomic E-state index is 0.423. The molecule has 0 radical (unpaired) electrons. The highest BCUT2D eigenvalue weighted by molar-refractivity contribution is 5.82. The van der Waals surface area contributed by atoms with Gasteiger partial charge in [0.1, 0.15) is 0 Å². The smallest absolute Gasteiger partial charge is 0.0685 e. The van der Waals surface area contributed by atoms with Crippen LogP contribution in [0.1, 0.15) is 55.8 Å². The SMILES string of the molecule is Cc1nn(CCC(C)c2cnn(-c3ccccc3)c2)c2ccc(C(C)C)cc12. The van der Waals surface area contributed by atoms with Crippen LogP contribution < -0.4 is 0 Å². The molecular weight excluding hydrogens is 344 g/mol. The molecule has 4 heteroatoms. The standard InChI is InChI=1S/C24H28N4/c1-17(2)20-10-11-24-23(14-20)19(4)26-27(24)13-12-18(3)21-15-25-28(16-21)22-8-6-5-7-9-22/h5-11,14-18H,12-13H2,1-4H3. The molecule has 28 heavy (non-hydrogen) atoms. The summed E-state index contributed by atoms with van der Waals surface area (Å²) in [6.45, 7) is 9.75. The lowest BCUT2D eigenvalue weighted by atomic mass is 10.0. The van der Waals surface area contributed by atoms with Crippen molar-refractivity contribution < 1.29 is 0 Å². The molecule has 0 bridgehead atoms. The lowest BCUT2D eigenvalue weighted by molar-refractivity contribution is 0.543. The van der Waals surface area contributed by atoms with E-state index in [0.29, 0.717) is 11.8 Å². The number of fused-ring (bicyclic) bond motifs is 1. The third-order valence-electron chi connectivity index (χ3n) is 5.59. The zero-order chi connectivity index (χ0) is 19.7. The largest absolute Gasteiger partial charge is 0.265 e. The fourth-order valence-corrected chi connectivity index (χ4v) is 3.68. The zero-order valence-corrected chi connectivity index (χ0v) is 17.1. The maximum Gasteiger partial charge on any atom is 0.0685 e. The second kappa shape index (κ2) is 7.63. The lowest BCUT2D eigenvalue weighted by Crippen LogP contribution is -2.04. The number of aromatic nitrogens is 4. The van der Waals surface area contributed by atoms with E-state index >= 15 is 0 Å². The van der Waals surface area contributed by atoms with Crippen LogP contribution in [0, 0.1) is 6.92 Å². The van der Waals surface area contributed by atoms with E-state index in [1.165, 1.54) is 22.0 Å². The number of hydrogen-bond donors (Lipinski definition) is 0. The van der Waals surface area contributed by atoms with Gasteiger partial charge in [0, 0.05) is 18.1 Å². The molecule has 1 unspecified atom stereocenters. The van der Waals surface area contributed by atoms with Crippen LogP contribution >= 0.6 is 0 Å². The van der Waals surface area contributed by atoms with Gasteiger partial charge in [-0.25, -0.2) is 4.68 Å². The van der Waals surface area contributed by atoms with Gasteiger partial charge in [0.15, 0.2) is 0 Å². The molecule has 4 rings (SSSR count). The van der Waals surface area contributed by atoms with Crippen LogP contribution in [-0.2, 0) is 6.54 Å². The summed E-state index contributed by atoms with van der Waals surface area (Å²) in [5, 5.41) is 10.6. The van der Waals surface area contributed by atoms with Gasteiger partial charge in [-0.15, -0.1) is 0 Å². The molecule has 2 heterocycles. The Morgan fingerprint density at radius 2 is 1.75 bits per heavy atom. The van der Waals surface area contributed by atoms with Gasteiger partial charge in [0.2, 0.25) is 0 Å². The quantitative estimate of drug-likeness (QED) is 0.426. The number of nitrogens with zero attached hydrogens (tertiary/aromatic N) is 4. The third-order valence-corrected chi connectivity index (χ3v) is 5.59. The highest BCUT2D eigenvalue weighted by Gasteiger charge is 2.13. The van der Waals surface area contributed by atoms with E-state index < -0.39 is 0 Å². The first-order valence-electron chi connectivity index (χ1n) is 10.1. The van der Waals surface area contributed by atoms with Crippen molar-refractivity contribution in [3.63, 3.8) is 0 Å². The fraction of sp³-hybridized carbons (Fsp3) is 0.333. The molecule has 0 saturated heterocycles. The fourth-order valence-electron chi connectivity index (χ4n) is 3.68. The third kappa shape index (κ3) is 3.59. The monoisotopic (exact) mass is 372 g/mol. The van der Waals surface area contributed by atoms with Crippen LogP contribution in [0.25, 0.3) is 16.6 Å². The first-order chi connectivity index (χ1) is 13.5. The zero-order valence-electron chi connectivity index (χ0n) is 17.1. The second-order valence-corrected chi connectivity index (χ2v) is 7.98. The molecule has 0 fully saturated rings. The summed E-state index contributed by atoms with van der Waals surface area (Å²) in [4.78, 5) is 0. The predicted octanol–water partition coefficient (Wildman–Crippen LogP) is 5.85. The molecule has 2 aromatic carbocycles.